The maximum Gasteiger partial charge on any atom is 0.191 e. The first-order chi connectivity index (χ1) is 12.1. The van der Waals surface area contributed by atoms with Gasteiger partial charge < -0.3 is 20.4 Å². The molecule has 0 aliphatic carbocycles. The number of nitrogens with one attached hydrogen (secondary N) is 3. The second-order valence-corrected chi connectivity index (χ2v) is 6.78. The molecule has 3 N–H and O–H groups in total. The zero-order valence-electron chi connectivity index (χ0n) is 15.4. The normalized spacial score (nSPS) is 20.2. The molecule has 1 aromatic heterocycles. The standard InChI is InChI=1S/C19H27FN4O.HI/c1-3-21-18(24-13-19(2)8-4-10-25-19)22-9-7-14-12-23-17-11-15(20)5-6-16(14)17;/h5-6,11-12,23H,3-4,7-10,13H2,1-2H3,(H2,21,22,24);1H. The number of benzene rings is 1. The van der Waals surface area contributed by atoms with E-state index in [-0.39, 0.29) is 35.4 Å². The average Bonchev–Trinajstić information content (AvgIpc) is 3.19. The van der Waals surface area contributed by atoms with Crippen molar-refractivity contribution in [2.45, 2.75) is 38.7 Å². The van der Waals surface area contributed by atoms with Crippen molar-refractivity contribution in [3.8, 4) is 0 Å². The van der Waals surface area contributed by atoms with Crippen molar-refractivity contribution in [2.75, 3.05) is 26.2 Å². The number of hydrogen-bond acceptors (Lipinski definition) is 2. The van der Waals surface area contributed by atoms with Crippen LogP contribution in [0.1, 0.15) is 32.3 Å². The molecular formula is C19H28FIN4O. The zero-order valence-corrected chi connectivity index (χ0v) is 17.7. The smallest absolute Gasteiger partial charge is 0.191 e. The Labute approximate surface area is 171 Å². The quantitative estimate of drug-likeness (QED) is 0.341. The Bertz CT molecular complexity index is 740. The van der Waals surface area contributed by atoms with Crippen LogP contribution in [0.25, 0.3) is 10.9 Å². The average molecular weight is 474 g/mol. The number of hydrogen-bond donors (Lipinski definition) is 3. The minimum atomic E-state index is -0.219. The van der Waals surface area contributed by atoms with Gasteiger partial charge in [-0.25, -0.2) is 4.39 Å². The topological polar surface area (TPSA) is 61.4 Å². The van der Waals surface area contributed by atoms with Crippen molar-refractivity contribution in [1.82, 2.24) is 15.6 Å². The number of halogens is 2. The highest BCUT2D eigenvalue weighted by Gasteiger charge is 2.29. The Hall–Kier alpha value is -1.35. The van der Waals surface area contributed by atoms with E-state index in [0.29, 0.717) is 6.54 Å². The van der Waals surface area contributed by atoms with E-state index in [0.717, 1.165) is 55.8 Å². The van der Waals surface area contributed by atoms with Gasteiger partial charge >= 0.3 is 0 Å². The largest absolute Gasteiger partial charge is 0.373 e. The van der Waals surface area contributed by atoms with Gasteiger partial charge in [0.1, 0.15) is 5.82 Å². The van der Waals surface area contributed by atoms with Crippen LogP contribution in [0.5, 0.6) is 0 Å². The lowest BCUT2D eigenvalue weighted by atomic mass is 10.0. The molecule has 26 heavy (non-hydrogen) atoms. The summed E-state index contributed by atoms with van der Waals surface area (Å²) in [6.45, 7) is 7.24. The molecule has 3 rings (SSSR count). The molecule has 1 aliphatic rings. The van der Waals surface area contributed by atoms with Crippen LogP contribution in [0.15, 0.2) is 29.4 Å². The van der Waals surface area contributed by atoms with Gasteiger partial charge in [0, 0.05) is 36.8 Å². The number of H-pyrrole nitrogens is 1. The van der Waals surface area contributed by atoms with Gasteiger partial charge in [-0.15, -0.1) is 24.0 Å². The van der Waals surface area contributed by atoms with Crippen molar-refractivity contribution in [1.29, 1.82) is 0 Å². The van der Waals surface area contributed by atoms with E-state index in [1.165, 1.54) is 17.7 Å². The SMILES string of the molecule is CCNC(=NCC1(C)CCCO1)NCCc1c[nH]c2cc(F)ccc12.I. The molecule has 0 radical (unpaired) electrons. The van der Waals surface area contributed by atoms with Crippen molar-refractivity contribution in [3.05, 3.63) is 35.8 Å². The molecule has 7 heteroatoms. The minimum Gasteiger partial charge on any atom is -0.373 e. The van der Waals surface area contributed by atoms with Gasteiger partial charge in [0.25, 0.3) is 0 Å². The number of ether oxygens (including phenoxy) is 1. The van der Waals surface area contributed by atoms with Crippen LogP contribution in [-0.2, 0) is 11.2 Å². The Kier molecular flexibility index (Phi) is 7.69. The second kappa shape index (κ2) is 9.55. The zero-order chi connectivity index (χ0) is 17.7. The highest BCUT2D eigenvalue weighted by atomic mass is 127. The predicted molar refractivity (Wildman–Crippen MR) is 115 cm³/mol. The van der Waals surface area contributed by atoms with Crippen LogP contribution in [0, 0.1) is 5.82 Å². The van der Waals surface area contributed by atoms with Gasteiger partial charge in [0.15, 0.2) is 5.96 Å². The lowest BCUT2D eigenvalue weighted by molar-refractivity contribution is 0.0283. The summed E-state index contributed by atoms with van der Waals surface area (Å²) in [5, 5.41) is 7.71. The molecule has 1 aliphatic heterocycles. The van der Waals surface area contributed by atoms with Crippen LogP contribution in [0.2, 0.25) is 0 Å². The van der Waals surface area contributed by atoms with Crippen LogP contribution in [0.3, 0.4) is 0 Å². The first-order valence-corrected chi connectivity index (χ1v) is 9.01. The molecular weight excluding hydrogens is 446 g/mol. The third-order valence-electron chi connectivity index (χ3n) is 4.63. The van der Waals surface area contributed by atoms with E-state index in [4.69, 9.17) is 4.74 Å². The van der Waals surface area contributed by atoms with Crippen LogP contribution >= 0.6 is 24.0 Å². The number of aromatic amines is 1. The molecule has 1 fully saturated rings. The molecule has 2 heterocycles. The summed E-state index contributed by atoms with van der Waals surface area (Å²) >= 11 is 0. The summed E-state index contributed by atoms with van der Waals surface area (Å²) in [7, 11) is 0. The molecule has 144 valence electrons. The fraction of sp³-hybridized carbons (Fsp3) is 0.526. The van der Waals surface area contributed by atoms with E-state index in [1.807, 2.05) is 12.3 Å². The number of nitrogens with zero attached hydrogens (tertiary/aromatic N) is 1. The lowest BCUT2D eigenvalue weighted by Gasteiger charge is -2.21. The molecule has 2 aromatic rings. The Morgan fingerprint density at radius 1 is 1.38 bits per heavy atom. The third kappa shape index (κ3) is 5.33. The van der Waals surface area contributed by atoms with Crippen LogP contribution < -0.4 is 10.6 Å². The van der Waals surface area contributed by atoms with Gasteiger partial charge in [0.2, 0.25) is 0 Å². The Morgan fingerprint density at radius 2 is 2.23 bits per heavy atom. The fourth-order valence-electron chi connectivity index (χ4n) is 3.23. The summed E-state index contributed by atoms with van der Waals surface area (Å²) in [6, 6.07) is 4.86. The highest BCUT2D eigenvalue weighted by molar-refractivity contribution is 14.0. The number of guanidine groups is 1. The first-order valence-electron chi connectivity index (χ1n) is 9.01. The van der Waals surface area contributed by atoms with Gasteiger partial charge in [-0.05, 0) is 56.9 Å². The molecule has 0 bridgehead atoms. The van der Waals surface area contributed by atoms with Crippen molar-refractivity contribution >= 4 is 40.8 Å². The summed E-state index contributed by atoms with van der Waals surface area (Å²) < 4.78 is 19.1. The van der Waals surface area contributed by atoms with E-state index < -0.39 is 0 Å². The van der Waals surface area contributed by atoms with Gasteiger partial charge in [-0.3, -0.25) is 4.99 Å². The summed E-state index contributed by atoms with van der Waals surface area (Å²) in [5.41, 5.74) is 1.87. The Morgan fingerprint density at radius 3 is 2.96 bits per heavy atom. The lowest BCUT2D eigenvalue weighted by Crippen LogP contribution is -2.40. The first kappa shape index (κ1) is 21.0. The van der Waals surface area contributed by atoms with E-state index in [2.05, 4.69) is 34.5 Å². The van der Waals surface area contributed by atoms with Crippen LogP contribution in [-0.4, -0.2) is 42.8 Å². The third-order valence-corrected chi connectivity index (χ3v) is 4.63. The van der Waals surface area contributed by atoms with Crippen molar-refractivity contribution in [3.63, 3.8) is 0 Å². The second-order valence-electron chi connectivity index (χ2n) is 6.78. The number of aromatic nitrogens is 1. The summed E-state index contributed by atoms with van der Waals surface area (Å²) in [5.74, 6) is 0.591. The minimum absolute atomic E-state index is 0. The number of fused-ring (bicyclic) bond motifs is 1. The fourth-order valence-corrected chi connectivity index (χ4v) is 3.23. The van der Waals surface area contributed by atoms with Crippen molar-refractivity contribution < 1.29 is 9.13 Å². The molecule has 0 amide bonds. The highest BCUT2D eigenvalue weighted by Crippen LogP contribution is 2.25. The molecule has 0 saturated carbocycles. The maximum atomic E-state index is 13.3. The van der Waals surface area contributed by atoms with E-state index in [9.17, 15) is 4.39 Å². The van der Waals surface area contributed by atoms with Gasteiger partial charge in [-0.2, -0.15) is 0 Å². The summed E-state index contributed by atoms with van der Waals surface area (Å²) in [4.78, 5) is 7.80. The number of rotatable bonds is 6. The molecule has 1 atom stereocenters. The molecule has 1 saturated heterocycles. The van der Waals surface area contributed by atoms with Gasteiger partial charge in [0.05, 0.1) is 12.1 Å². The summed E-state index contributed by atoms with van der Waals surface area (Å²) in [6.07, 6.45) is 4.95. The number of aliphatic imine (C=N–C) groups is 1. The molecule has 5 nitrogen and oxygen atoms in total. The van der Waals surface area contributed by atoms with Gasteiger partial charge in [-0.1, -0.05) is 0 Å². The predicted octanol–water partition coefficient (Wildman–Crippen LogP) is 3.59. The Balaban J connectivity index is 0.00000243. The molecule has 1 unspecified atom stereocenters. The monoisotopic (exact) mass is 474 g/mol. The van der Waals surface area contributed by atoms with Crippen molar-refractivity contribution in [2.24, 2.45) is 4.99 Å². The van der Waals surface area contributed by atoms with E-state index in [1.54, 1.807) is 0 Å². The maximum absolute atomic E-state index is 13.3. The van der Waals surface area contributed by atoms with Crippen LogP contribution in [0.4, 0.5) is 4.39 Å². The molecule has 0 spiro atoms. The molecule has 1 aromatic carbocycles. The van der Waals surface area contributed by atoms with E-state index >= 15 is 0 Å².